The van der Waals surface area contributed by atoms with E-state index in [1.54, 1.807) is 0 Å². The van der Waals surface area contributed by atoms with Crippen molar-refractivity contribution in [1.82, 2.24) is 14.6 Å². The molecule has 0 atom stereocenters. The molecule has 0 saturated carbocycles. The minimum atomic E-state index is -4.51. The lowest BCUT2D eigenvalue weighted by Gasteiger charge is -2.32. The van der Waals surface area contributed by atoms with E-state index in [0.717, 1.165) is 16.8 Å². The van der Waals surface area contributed by atoms with Gasteiger partial charge < -0.3 is 9.31 Å². The van der Waals surface area contributed by atoms with Crippen molar-refractivity contribution in [2.24, 2.45) is 0 Å². The van der Waals surface area contributed by atoms with Crippen LogP contribution >= 0.6 is 0 Å². The topological polar surface area (TPSA) is 48.7 Å². The molecule has 0 aromatic carbocycles. The molecule has 0 aliphatic carbocycles. The van der Waals surface area contributed by atoms with Gasteiger partial charge in [-0.25, -0.2) is 9.50 Å². The predicted octanol–water partition coefficient (Wildman–Crippen LogP) is 2.05. The highest BCUT2D eigenvalue weighted by Gasteiger charge is 2.53. The fourth-order valence-electron chi connectivity index (χ4n) is 2.21. The van der Waals surface area contributed by atoms with E-state index in [0.29, 0.717) is 0 Å². The molecule has 0 spiro atoms. The third-order valence-electron chi connectivity index (χ3n) is 4.16. The number of fused-ring (bicyclic) bond motifs is 1. The van der Waals surface area contributed by atoms with Crippen LogP contribution in [0.25, 0.3) is 5.65 Å². The molecule has 22 heavy (non-hydrogen) atoms. The third kappa shape index (κ3) is 2.28. The molecule has 1 aliphatic rings. The number of nitrogens with zero attached hydrogens (tertiary/aromatic N) is 3. The second-order valence-electron chi connectivity index (χ2n) is 6.26. The summed E-state index contributed by atoms with van der Waals surface area (Å²) in [7, 11) is -0.826. The van der Waals surface area contributed by atoms with Crippen molar-refractivity contribution in [1.29, 1.82) is 0 Å². The highest BCUT2D eigenvalue weighted by molar-refractivity contribution is 6.61. The minimum Gasteiger partial charge on any atom is -0.398 e. The maximum atomic E-state index is 13.0. The Morgan fingerprint density at radius 2 is 1.73 bits per heavy atom. The zero-order valence-electron chi connectivity index (χ0n) is 12.6. The van der Waals surface area contributed by atoms with Gasteiger partial charge in [-0.2, -0.15) is 18.3 Å². The van der Waals surface area contributed by atoms with Crippen LogP contribution in [0.15, 0.2) is 18.3 Å². The summed E-state index contributed by atoms with van der Waals surface area (Å²) in [5, 5.41) is 3.98. The average molecular weight is 313 g/mol. The molecular formula is C13H15BF3N3O2. The fourth-order valence-corrected chi connectivity index (χ4v) is 2.21. The van der Waals surface area contributed by atoms with Crippen molar-refractivity contribution in [3.05, 3.63) is 24.0 Å². The molecule has 3 rings (SSSR count). The molecule has 1 fully saturated rings. The van der Waals surface area contributed by atoms with Crippen LogP contribution in [0.2, 0.25) is 0 Å². The van der Waals surface area contributed by atoms with Crippen molar-refractivity contribution in [3.8, 4) is 0 Å². The van der Waals surface area contributed by atoms with Crippen molar-refractivity contribution in [2.75, 3.05) is 0 Å². The van der Waals surface area contributed by atoms with Crippen molar-refractivity contribution in [2.45, 2.75) is 45.1 Å². The standard InChI is InChI=1S/C13H15BF3N3O2/c1-11(2)12(3,4)22-14(21-11)9-7-10-18-6-5-8(13(15,16)17)20(10)19-9/h5-7H,1-4H3. The molecule has 118 valence electrons. The summed E-state index contributed by atoms with van der Waals surface area (Å²) >= 11 is 0. The lowest BCUT2D eigenvalue weighted by molar-refractivity contribution is -0.142. The van der Waals surface area contributed by atoms with Crippen molar-refractivity contribution < 1.29 is 22.5 Å². The number of hydrogen-bond acceptors (Lipinski definition) is 4. The quantitative estimate of drug-likeness (QED) is 0.756. The van der Waals surface area contributed by atoms with Gasteiger partial charge >= 0.3 is 13.3 Å². The largest absolute Gasteiger partial charge is 0.516 e. The highest BCUT2D eigenvalue weighted by Crippen LogP contribution is 2.36. The number of alkyl halides is 3. The summed E-state index contributed by atoms with van der Waals surface area (Å²) in [6.45, 7) is 7.45. The van der Waals surface area contributed by atoms with Crippen molar-refractivity contribution >= 4 is 18.4 Å². The monoisotopic (exact) mass is 313 g/mol. The first-order valence-corrected chi connectivity index (χ1v) is 6.79. The molecule has 0 amide bonds. The van der Waals surface area contributed by atoms with Gasteiger partial charge in [0.25, 0.3) is 0 Å². The van der Waals surface area contributed by atoms with Crippen LogP contribution in [0.1, 0.15) is 33.4 Å². The SMILES string of the molecule is CC1(C)OB(c2cc3nccc(C(F)(F)F)n3n2)OC1(C)C. The Balaban J connectivity index is 2.04. The molecule has 1 saturated heterocycles. The molecule has 3 heterocycles. The normalized spacial score (nSPS) is 20.8. The van der Waals surface area contributed by atoms with Crippen LogP contribution in [-0.2, 0) is 15.5 Å². The maximum Gasteiger partial charge on any atom is 0.516 e. The van der Waals surface area contributed by atoms with E-state index in [4.69, 9.17) is 9.31 Å². The lowest BCUT2D eigenvalue weighted by Crippen LogP contribution is -2.41. The Bertz CT molecular complexity index is 711. The third-order valence-corrected chi connectivity index (χ3v) is 4.16. The molecular weight excluding hydrogens is 298 g/mol. The van der Waals surface area contributed by atoms with E-state index in [-0.39, 0.29) is 11.2 Å². The average Bonchev–Trinajstić information content (AvgIpc) is 2.87. The number of aromatic nitrogens is 3. The number of rotatable bonds is 1. The molecule has 9 heteroatoms. The Kier molecular flexibility index (Phi) is 3.10. The second-order valence-corrected chi connectivity index (χ2v) is 6.26. The molecule has 2 aromatic rings. The fraction of sp³-hybridized carbons (Fsp3) is 0.538. The summed E-state index contributed by atoms with van der Waals surface area (Å²) in [5.41, 5.74) is -1.70. The first-order chi connectivity index (χ1) is 10.0. The summed E-state index contributed by atoms with van der Waals surface area (Å²) < 4.78 is 51.4. The smallest absolute Gasteiger partial charge is 0.398 e. The van der Waals surface area contributed by atoms with E-state index >= 15 is 0 Å². The summed E-state index contributed by atoms with van der Waals surface area (Å²) in [5.74, 6) is 0. The van der Waals surface area contributed by atoms with E-state index in [1.165, 1.54) is 6.07 Å². The molecule has 1 aliphatic heterocycles. The minimum absolute atomic E-state index is 0.0968. The Labute approximate surface area is 125 Å². The predicted molar refractivity (Wildman–Crippen MR) is 73.7 cm³/mol. The molecule has 0 radical (unpaired) electrons. The second kappa shape index (κ2) is 4.45. The van der Waals surface area contributed by atoms with Crippen LogP contribution < -0.4 is 5.59 Å². The number of hydrogen-bond donors (Lipinski definition) is 0. The van der Waals surface area contributed by atoms with Crippen LogP contribution in [0.5, 0.6) is 0 Å². The van der Waals surface area contributed by atoms with E-state index < -0.39 is 30.2 Å². The molecule has 0 bridgehead atoms. The van der Waals surface area contributed by atoms with E-state index in [2.05, 4.69) is 10.1 Å². The molecule has 0 unspecified atom stereocenters. The lowest BCUT2D eigenvalue weighted by atomic mass is 9.85. The summed E-state index contributed by atoms with van der Waals surface area (Å²) in [6, 6.07) is 2.32. The Hall–Kier alpha value is -1.61. The Morgan fingerprint density at radius 1 is 1.14 bits per heavy atom. The van der Waals surface area contributed by atoms with Crippen LogP contribution in [0.3, 0.4) is 0 Å². The zero-order valence-corrected chi connectivity index (χ0v) is 12.6. The van der Waals surface area contributed by atoms with Gasteiger partial charge in [0.15, 0.2) is 5.65 Å². The van der Waals surface area contributed by atoms with Gasteiger partial charge in [0.1, 0.15) is 5.69 Å². The van der Waals surface area contributed by atoms with Gasteiger partial charge in [-0.05, 0) is 33.8 Å². The number of halogens is 3. The van der Waals surface area contributed by atoms with E-state index in [1.807, 2.05) is 27.7 Å². The van der Waals surface area contributed by atoms with Crippen LogP contribution in [0, 0.1) is 0 Å². The molecule has 2 aromatic heterocycles. The van der Waals surface area contributed by atoms with Gasteiger partial charge in [0, 0.05) is 12.3 Å². The van der Waals surface area contributed by atoms with Crippen molar-refractivity contribution in [3.63, 3.8) is 0 Å². The zero-order chi connectivity index (χ0) is 16.3. The molecule has 5 nitrogen and oxygen atoms in total. The van der Waals surface area contributed by atoms with E-state index in [9.17, 15) is 13.2 Å². The van der Waals surface area contributed by atoms with Crippen LogP contribution in [-0.4, -0.2) is 32.9 Å². The van der Waals surface area contributed by atoms with Gasteiger partial charge in [-0.15, -0.1) is 0 Å². The highest BCUT2D eigenvalue weighted by atomic mass is 19.4. The van der Waals surface area contributed by atoms with Gasteiger partial charge in [0.2, 0.25) is 0 Å². The van der Waals surface area contributed by atoms with Gasteiger partial charge in [-0.1, -0.05) is 0 Å². The summed E-state index contributed by atoms with van der Waals surface area (Å²) in [6.07, 6.45) is -3.41. The first kappa shape index (κ1) is 15.3. The summed E-state index contributed by atoms with van der Waals surface area (Å²) in [4.78, 5) is 3.91. The van der Waals surface area contributed by atoms with Gasteiger partial charge in [-0.3, -0.25) is 0 Å². The Morgan fingerprint density at radius 3 is 2.27 bits per heavy atom. The van der Waals surface area contributed by atoms with Gasteiger partial charge in [0.05, 0.1) is 16.8 Å². The first-order valence-electron chi connectivity index (χ1n) is 6.79. The maximum absolute atomic E-state index is 13.0. The molecule has 0 N–H and O–H groups in total. The van der Waals surface area contributed by atoms with Crippen LogP contribution in [0.4, 0.5) is 13.2 Å².